The van der Waals surface area contributed by atoms with Crippen LogP contribution in [0.3, 0.4) is 0 Å². The molecule has 1 heterocycles. The summed E-state index contributed by atoms with van der Waals surface area (Å²) in [4.78, 5) is 0. The first-order valence-electron chi connectivity index (χ1n) is 6.35. The summed E-state index contributed by atoms with van der Waals surface area (Å²) < 4.78 is 1.78. The molecule has 4 nitrogen and oxygen atoms in total. The highest BCUT2D eigenvalue weighted by atomic mass is 16.3. The van der Waals surface area contributed by atoms with Crippen molar-refractivity contribution in [1.82, 2.24) is 15.0 Å². The molecule has 0 bridgehead atoms. The van der Waals surface area contributed by atoms with E-state index in [1.54, 1.807) is 10.9 Å². The van der Waals surface area contributed by atoms with Crippen LogP contribution in [0.5, 0.6) is 0 Å². The average Bonchev–Trinajstić information content (AvgIpc) is 2.74. The summed E-state index contributed by atoms with van der Waals surface area (Å²) >= 11 is 0. The Bertz CT molecular complexity index is 411. The molecule has 0 saturated carbocycles. The summed E-state index contributed by atoms with van der Waals surface area (Å²) in [6, 6.07) is 0. The quantitative estimate of drug-likeness (QED) is 0.818. The number of allylic oxidation sites excluding steroid dienone is 2. The Morgan fingerprint density at radius 1 is 1.59 bits per heavy atom. The summed E-state index contributed by atoms with van der Waals surface area (Å²) in [6.45, 7) is 7.12. The SMILES string of the molecule is CCn1nncc1C(O)C1CC(C)=CC(C)C1. The molecule has 0 fully saturated rings. The van der Waals surface area contributed by atoms with Gasteiger partial charge in [-0.25, -0.2) is 4.68 Å². The van der Waals surface area contributed by atoms with Crippen LogP contribution in [0.15, 0.2) is 17.8 Å². The molecule has 0 radical (unpaired) electrons. The number of hydrogen-bond acceptors (Lipinski definition) is 3. The number of hydrogen-bond donors (Lipinski definition) is 1. The largest absolute Gasteiger partial charge is 0.386 e. The zero-order valence-electron chi connectivity index (χ0n) is 10.8. The van der Waals surface area contributed by atoms with Gasteiger partial charge in [-0.2, -0.15) is 0 Å². The van der Waals surface area contributed by atoms with Crippen molar-refractivity contribution in [3.05, 3.63) is 23.5 Å². The van der Waals surface area contributed by atoms with Crippen LogP contribution >= 0.6 is 0 Å². The molecule has 1 aliphatic carbocycles. The zero-order chi connectivity index (χ0) is 12.4. The molecule has 1 aromatic heterocycles. The van der Waals surface area contributed by atoms with Gasteiger partial charge in [-0.15, -0.1) is 5.10 Å². The van der Waals surface area contributed by atoms with Crippen molar-refractivity contribution in [3.8, 4) is 0 Å². The molecule has 1 aromatic rings. The van der Waals surface area contributed by atoms with Crippen LogP contribution < -0.4 is 0 Å². The van der Waals surface area contributed by atoms with Crippen LogP contribution in [0.1, 0.15) is 45.4 Å². The van der Waals surface area contributed by atoms with Gasteiger partial charge >= 0.3 is 0 Å². The van der Waals surface area contributed by atoms with Crippen molar-refractivity contribution in [1.29, 1.82) is 0 Å². The van der Waals surface area contributed by atoms with Gasteiger partial charge in [0.05, 0.1) is 11.9 Å². The van der Waals surface area contributed by atoms with Crippen LogP contribution in [0.25, 0.3) is 0 Å². The molecular weight excluding hydrogens is 214 g/mol. The topological polar surface area (TPSA) is 50.9 Å². The van der Waals surface area contributed by atoms with Gasteiger partial charge < -0.3 is 5.11 Å². The van der Waals surface area contributed by atoms with Crippen LogP contribution in [-0.4, -0.2) is 20.1 Å². The van der Waals surface area contributed by atoms with E-state index >= 15 is 0 Å². The molecule has 3 atom stereocenters. The van der Waals surface area contributed by atoms with Crippen molar-refractivity contribution in [2.24, 2.45) is 11.8 Å². The van der Waals surface area contributed by atoms with Crippen molar-refractivity contribution >= 4 is 0 Å². The second-order valence-electron chi connectivity index (χ2n) is 5.11. The fourth-order valence-electron chi connectivity index (χ4n) is 2.82. The number of aryl methyl sites for hydroxylation is 1. The third-order valence-corrected chi connectivity index (χ3v) is 3.52. The van der Waals surface area contributed by atoms with E-state index in [2.05, 4.69) is 30.2 Å². The van der Waals surface area contributed by atoms with Gasteiger partial charge in [0.1, 0.15) is 6.10 Å². The summed E-state index contributed by atoms with van der Waals surface area (Å²) in [6.07, 6.45) is 5.55. The summed E-state index contributed by atoms with van der Waals surface area (Å²) in [5.74, 6) is 0.841. The number of nitrogens with zero attached hydrogens (tertiary/aromatic N) is 3. The number of aliphatic hydroxyl groups is 1. The van der Waals surface area contributed by atoms with Gasteiger partial charge in [0.15, 0.2) is 0 Å². The van der Waals surface area contributed by atoms with Gasteiger partial charge in [-0.3, -0.25) is 0 Å². The standard InChI is InChI=1S/C13H21N3O/c1-4-16-12(8-14-15-16)13(17)11-6-9(2)5-10(3)7-11/h5,8-9,11,13,17H,4,6-7H2,1-3H3. The van der Waals surface area contributed by atoms with Crippen molar-refractivity contribution in [2.45, 2.75) is 46.3 Å². The van der Waals surface area contributed by atoms with E-state index < -0.39 is 6.10 Å². The van der Waals surface area contributed by atoms with Gasteiger partial charge in [0.2, 0.25) is 0 Å². The lowest BCUT2D eigenvalue weighted by molar-refractivity contribution is 0.0849. The predicted molar refractivity (Wildman–Crippen MR) is 66.3 cm³/mol. The molecule has 0 aromatic carbocycles. The van der Waals surface area contributed by atoms with E-state index in [0.717, 1.165) is 25.1 Å². The van der Waals surface area contributed by atoms with E-state index in [-0.39, 0.29) is 0 Å². The first-order chi connectivity index (χ1) is 8.11. The molecule has 17 heavy (non-hydrogen) atoms. The fraction of sp³-hybridized carbons (Fsp3) is 0.692. The molecule has 94 valence electrons. The lowest BCUT2D eigenvalue weighted by Gasteiger charge is -2.29. The normalized spacial score (nSPS) is 26.7. The Kier molecular flexibility index (Phi) is 3.62. The first kappa shape index (κ1) is 12.3. The lowest BCUT2D eigenvalue weighted by atomic mass is 9.80. The van der Waals surface area contributed by atoms with E-state index in [4.69, 9.17) is 0 Å². The molecule has 2 rings (SSSR count). The maximum atomic E-state index is 10.5. The Hall–Kier alpha value is -1.16. The molecule has 0 saturated heterocycles. The van der Waals surface area contributed by atoms with Crippen LogP contribution in [0, 0.1) is 11.8 Å². The molecule has 0 aliphatic heterocycles. The second kappa shape index (κ2) is 5.00. The van der Waals surface area contributed by atoms with Crippen molar-refractivity contribution in [2.75, 3.05) is 0 Å². The van der Waals surface area contributed by atoms with E-state index in [9.17, 15) is 5.11 Å². The number of rotatable bonds is 3. The minimum Gasteiger partial charge on any atom is -0.386 e. The highest BCUT2D eigenvalue weighted by Gasteiger charge is 2.28. The summed E-state index contributed by atoms with van der Waals surface area (Å²) in [5.41, 5.74) is 2.22. The minimum absolute atomic E-state index is 0.291. The zero-order valence-corrected chi connectivity index (χ0v) is 10.8. The highest BCUT2D eigenvalue weighted by Crippen LogP contribution is 2.36. The summed E-state index contributed by atoms with van der Waals surface area (Å²) in [7, 11) is 0. The maximum absolute atomic E-state index is 10.5. The second-order valence-corrected chi connectivity index (χ2v) is 5.11. The molecule has 3 unspecified atom stereocenters. The first-order valence-corrected chi connectivity index (χ1v) is 6.35. The smallest absolute Gasteiger partial charge is 0.100 e. The van der Waals surface area contributed by atoms with E-state index in [1.807, 2.05) is 6.92 Å². The summed E-state index contributed by atoms with van der Waals surface area (Å²) in [5, 5.41) is 18.3. The van der Waals surface area contributed by atoms with Gasteiger partial charge in [-0.05, 0) is 38.5 Å². The maximum Gasteiger partial charge on any atom is 0.100 e. The van der Waals surface area contributed by atoms with Gasteiger partial charge in [-0.1, -0.05) is 23.8 Å². The van der Waals surface area contributed by atoms with Crippen LogP contribution in [-0.2, 0) is 6.54 Å². The molecule has 1 N–H and O–H groups in total. The number of aliphatic hydroxyl groups excluding tert-OH is 1. The van der Waals surface area contributed by atoms with Crippen LogP contribution in [0.2, 0.25) is 0 Å². The Morgan fingerprint density at radius 3 is 3.00 bits per heavy atom. The van der Waals surface area contributed by atoms with Crippen molar-refractivity contribution < 1.29 is 5.11 Å². The Balaban J connectivity index is 2.15. The molecule has 1 aliphatic rings. The third-order valence-electron chi connectivity index (χ3n) is 3.52. The Morgan fingerprint density at radius 2 is 2.35 bits per heavy atom. The van der Waals surface area contributed by atoms with Gasteiger partial charge in [0, 0.05) is 6.54 Å². The van der Waals surface area contributed by atoms with E-state index in [1.165, 1.54) is 5.57 Å². The minimum atomic E-state index is -0.448. The molecule has 0 amide bonds. The average molecular weight is 235 g/mol. The molecule has 0 spiro atoms. The predicted octanol–water partition coefficient (Wildman–Crippen LogP) is 2.32. The van der Waals surface area contributed by atoms with Crippen LogP contribution in [0.4, 0.5) is 0 Å². The lowest BCUT2D eigenvalue weighted by Crippen LogP contribution is -2.21. The third kappa shape index (κ3) is 2.57. The Labute approximate surface area is 102 Å². The highest BCUT2D eigenvalue weighted by molar-refractivity contribution is 5.10. The fourth-order valence-corrected chi connectivity index (χ4v) is 2.82. The van der Waals surface area contributed by atoms with Crippen molar-refractivity contribution in [3.63, 3.8) is 0 Å². The van der Waals surface area contributed by atoms with Gasteiger partial charge in [0.25, 0.3) is 0 Å². The number of aromatic nitrogens is 3. The molecule has 4 heteroatoms. The molecular formula is C13H21N3O. The monoisotopic (exact) mass is 235 g/mol. The van der Waals surface area contributed by atoms with E-state index in [0.29, 0.717) is 11.8 Å².